The van der Waals surface area contributed by atoms with Crippen LogP contribution in [0.2, 0.25) is 0 Å². The number of carbonyl (C=O) groups is 2. The number of hydrogen-bond donors (Lipinski definition) is 3. The smallest absolute Gasteiger partial charge is 0.317 e. The Hall–Kier alpha value is -2.72. The zero-order valence-electron chi connectivity index (χ0n) is 12.7. The van der Waals surface area contributed by atoms with Crippen molar-refractivity contribution in [1.82, 2.24) is 9.97 Å². The van der Waals surface area contributed by atoms with Crippen LogP contribution >= 0.6 is 11.3 Å². The zero-order valence-corrected chi connectivity index (χ0v) is 13.5. The molecule has 0 saturated carbocycles. The third-order valence-corrected chi connectivity index (χ3v) is 4.52. The minimum absolute atomic E-state index is 0.176. The van der Waals surface area contributed by atoms with Crippen LogP contribution in [0, 0.1) is 0 Å². The van der Waals surface area contributed by atoms with Gasteiger partial charge in [0.05, 0.1) is 41.7 Å². The average Bonchev–Trinajstić information content (AvgIpc) is 2.99. The molecule has 126 valence electrons. The molecule has 10 heteroatoms. The van der Waals surface area contributed by atoms with Crippen LogP contribution in [0.1, 0.15) is 10.4 Å². The van der Waals surface area contributed by atoms with E-state index in [0.717, 1.165) is 30.1 Å². The second kappa shape index (κ2) is 6.81. The van der Waals surface area contributed by atoms with E-state index < -0.39 is 11.9 Å². The summed E-state index contributed by atoms with van der Waals surface area (Å²) in [6.45, 7) is 2.94. The van der Waals surface area contributed by atoms with E-state index in [2.05, 4.69) is 20.2 Å². The lowest BCUT2D eigenvalue weighted by Crippen LogP contribution is -2.36. The summed E-state index contributed by atoms with van der Waals surface area (Å²) in [5.41, 5.74) is 11.5. The minimum atomic E-state index is -0.769. The average molecular weight is 348 g/mol. The molecule has 3 amide bonds. The first-order valence-corrected chi connectivity index (χ1v) is 8.01. The molecule has 1 fully saturated rings. The van der Waals surface area contributed by atoms with E-state index in [9.17, 15) is 9.59 Å². The molecule has 0 spiro atoms. The monoisotopic (exact) mass is 348 g/mol. The number of thiophene rings is 1. The number of nitrogens with zero attached hydrogens (tertiary/aromatic N) is 3. The number of urea groups is 1. The predicted molar refractivity (Wildman–Crippen MR) is 90.1 cm³/mol. The summed E-state index contributed by atoms with van der Waals surface area (Å²) in [6, 6.07) is 0.775. The van der Waals surface area contributed by atoms with E-state index in [4.69, 9.17) is 16.2 Å². The highest BCUT2D eigenvalue weighted by Gasteiger charge is 2.18. The van der Waals surface area contributed by atoms with Gasteiger partial charge in [0, 0.05) is 13.1 Å². The Bertz CT molecular complexity index is 754. The normalized spacial score (nSPS) is 14.4. The zero-order chi connectivity index (χ0) is 17.1. The van der Waals surface area contributed by atoms with Crippen LogP contribution in [0.3, 0.4) is 0 Å². The van der Waals surface area contributed by atoms with Crippen LogP contribution in [-0.4, -0.2) is 48.2 Å². The molecule has 3 heterocycles. The van der Waals surface area contributed by atoms with Gasteiger partial charge in [-0.05, 0) is 6.07 Å². The number of amides is 3. The van der Waals surface area contributed by atoms with E-state index in [0.29, 0.717) is 23.9 Å². The number of aromatic nitrogens is 2. The predicted octanol–water partition coefficient (Wildman–Crippen LogP) is 0.631. The van der Waals surface area contributed by atoms with Crippen LogP contribution in [-0.2, 0) is 4.74 Å². The lowest BCUT2D eigenvalue weighted by molar-refractivity contribution is 0.100. The van der Waals surface area contributed by atoms with Crippen molar-refractivity contribution >= 4 is 34.0 Å². The molecule has 0 radical (unpaired) electrons. The summed E-state index contributed by atoms with van der Waals surface area (Å²) in [5, 5.41) is 2.67. The number of nitrogens with one attached hydrogen (secondary N) is 1. The van der Waals surface area contributed by atoms with Gasteiger partial charge >= 0.3 is 6.03 Å². The Balaban J connectivity index is 1.85. The van der Waals surface area contributed by atoms with Crippen LogP contribution in [0.5, 0.6) is 0 Å². The third-order valence-electron chi connectivity index (χ3n) is 3.47. The number of anilines is 2. The van der Waals surface area contributed by atoms with Crippen molar-refractivity contribution in [2.45, 2.75) is 0 Å². The number of rotatable bonds is 4. The van der Waals surface area contributed by atoms with Crippen molar-refractivity contribution in [2.24, 2.45) is 11.5 Å². The molecule has 2 aromatic rings. The maximum absolute atomic E-state index is 11.5. The fourth-order valence-electron chi connectivity index (χ4n) is 2.32. The largest absolute Gasteiger partial charge is 0.378 e. The first-order valence-electron chi connectivity index (χ1n) is 7.20. The molecule has 2 aromatic heterocycles. The Kier molecular flexibility index (Phi) is 4.58. The number of ether oxygens (including phenoxy) is 1. The van der Waals surface area contributed by atoms with Crippen molar-refractivity contribution in [3.8, 4) is 10.7 Å². The Morgan fingerprint density at radius 1 is 1.21 bits per heavy atom. The second-order valence-electron chi connectivity index (χ2n) is 5.07. The molecule has 3 rings (SSSR count). The Morgan fingerprint density at radius 3 is 2.46 bits per heavy atom. The fraction of sp³-hybridized carbons (Fsp3) is 0.286. The Labute approximate surface area is 141 Å². The lowest BCUT2D eigenvalue weighted by Gasteiger charge is -2.28. The first-order chi connectivity index (χ1) is 11.5. The maximum atomic E-state index is 11.5. The van der Waals surface area contributed by atoms with Crippen LogP contribution in [0.4, 0.5) is 15.5 Å². The maximum Gasteiger partial charge on any atom is 0.317 e. The molecular weight excluding hydrogens is 332 g/mol. The van der Waals surface area contributed by atoms with E-state index in [1.807, 2.05) is 0 Å². The van der Waals surface area contributed by atoms with Crippen LogP contribution in [0.15, 0.2) is 18.5 Å². The number of hydrogen-bond acceptors (Lipinski definition) is 7. The molecule has 0 aromatic carbocycles. The van der Waals surface area contributed by atoms with Crippen molar-refractivity contribution in [1.29, 1.82) is 0 Å². The first kappa shape index (κ1) is 16.1. The van der Waals surface area contributed by atoms with Crippen molar-refractivity contribution < 1.29 is 14.3 Å². The van der Waals surface area contributed by atoms with Gasteiger partial charge < -0.3 is 21.1 Å². The summed E-state index contributed by atoms with van der Waals surface area (Å²) in [5.74, 6) is -0.219. The van der Waals surface area contributed by atoms with E-state index in [1.54, 1.807) is 18.5 Å². The van der Waals surface area contributed by atoms with E-state index in [1.165, 1.54) is 0 Å². The molecule has 5 N–H and O–H groups in total. The molecule has 1 saturated heterocycles. The van der Waals surface area contributed by atoms with E-state index in [-0.39, 0.29) is 10.6 Å². The fourth-order valence-corrected chi connectivity index (χ4v) is 3.34. The SMILES string of the molecule is NC(=O)Nc1sc(-c2ncc(N3CCOCC3)cn2)cc1C(N)=O. The molecule has 1 aliphatic rings. The highest BCUT2D eigenvalue weighted by Crippen LogP contribution is 2.33. The minimum Gasteiger partial charge on any atom is -0.378 e. The molecule has 0 aliphatic carbocycles. The molecule has 0 unspecified atom stereocenters. The third kappa shape index (κ3) is 3.44. The molecule has 0 bridgehead atoms. The Morgan fingerprint density at radius 2 is 1.88 bits per heavy atom. The summed E-state index contributed by atoms with van der Waals surface area (Å²) in [4.78, 5) is 33.9. The van der Waals surface area contributed by atoms with Gasteiger partial charge in [-0.15, -0.1) is 11.3 Å². The quantitative estimate of drug-likeness (QED) is 0.741. The highest BCUT2D eigenvalue weighted by atomic mass is 32.1. The molecule has 24 heavy (non-hydrogen) atoms. The number of morpholine rings is 1. The summed E-state index contributed by atoms with van der Waals surface area (Å²) in [7, 11) is 0. The lowest BCUT2D eigenvalue weighted by atomic mass is 10.2. The second-order valence-corrected chi connectivity index (χ2v) is 6.12. The summed E-state index contributed by atoms with van der Waals surface area (Å²) >= 11 is 1.14. The molecular formula is C14H16N6O3S. The number of nitrogens with two attached hydrogens (primary N) is 2. The number of carbonyl (C=O) groups excluding carboxylic acids is 2. The topological polar surface area (TPSA) is 136 Å². The van der Waals surface area contributed by atoms with E-state index >= 15 is 0 Å². The molecule has 9 nitrogen and oxygen atoms in total. The van der Waals surface area contributed by atoms with Crippen LogP contribution < -0.4 is 21.7 Å². The molecule has 0 atom stereocenters. The number of primary amides is 2. The van der Waals surface area contributed by atoms with Gasteiger partial charge in [-0.1, -0.05) is 0 Å². The molecule has 1 aliphatic heterocycles. The van der Waals surface area contributed by atoms with Gasteiger partial charge in [0.2, 0.25) is 0 Å². The van der Waals surface area contributed by atoms with Crippen molar-refractivity contribution in [3.05, 3.63) is 24.0 Å². The van der Waals surface area contributed by atoms with Crippen LogP contribution in [0.25, 0.3) is 10.7 Å². The van der Waals surface area contributed by atoms with Crippen molar-refractivity contribution in [3.63, 3.8) is 0 Å². The van der Waals surface area contributed by atoms with Gasteiger partial charge in [-0.3, -0.25) is 10.1 Å². The van der Waals surface area contributed by atoms with Gasteiger partial charge in [-0.25, -0.2) is 14.8 Å². The summed E-state index contributed by atoms with van der Waals surface area (Å²) in [6.07, 6.45) is 3.44. The summed E-state index contributed by atoms with van der Waals surface area (Å²) < 4.78 is 5.31. The standard InChI is InChI=1S/C14H16N6O3S/c15-11(21)9-5-10(24-13(9)19-14(16)22)12-17-6-8(7-18-12)20-1-3-23-4-2-20/h5-7H,1-4H2,(H2,15,21)(H3,16,19,22). The van der Waals surface area contributed by atoms with Crippen molar-refractivity contribution in [2.75, 3.05) is 36.5 Å². The van der Waals surface area contributed by atoms with Gasteiger partial charge in [0.25, 0.3) is 5.91 Å². The van der Waals surface area contributed by atoms with Gasteiger partial charge in [0.15, 0.2) is 5.82 Å². The van der Waals surface area contributed by atoms with Gasteiger partial charge in [0.1, 0.15) is 5.00 Å². The van der Waals surface area contributed by atoms with Gasteiger partial charge in [-0.2, -0.15) is 0 Å². The highest BCUT2D eigenvalue weighted by molar-refractivity contribution is 7.20.